The summed E-state index contributed by atoms with van der Waals surface area (Å²) in [7, 11) is 0. The lowest BCUT2D eigenvalue weighted by Crippen LogP contribution is -2.22. The summed E-state index contributed by atoms with van der Waals surface area (Å²) in [5, 5.41) is 21.7. The van der Waals surface area contributed by atoms with Crippen LogP contribution >= 0.6 is 0 Å². The molecule has 0 saturated heterocycles. The first-order valence-corrected chi connectivity index (χ1v) is 10.5. The fourth-order valence-corrected chi connectivity index (χ4v) is 3.31. The molecule has 3 N–H and O–H groups in total. The number of nitrogens with zero attached hydrogens (tertiary/aromatic N) is 2. The van der Waals surface area contributed by atoms with Gasteiger partial charge in [-0.2, -0.15) is 13.2 Å². The van der Waals surface area contributed by atoms with Crippen LogP contribution in [0.15, 0.2) is 72.8 Å². The molecule has 4 aromatic rings. The molecule has 4 rings (SSSR count). The van der Waals surface area contributed by atoms with E-state index in [4.69, 9.17) is 9.84 Å². The number of hydrogen-bond donors (Lipinski definition) is 3. The fraction of sp³-hybridized carbons (Fsp3) is 0.160. The summed E-state index contributed by atoms with van der Waals surface area (Å²) in [5.74, 6) is -0.468. The summed E-state index contributed by atoms with van der Waals surface area (Å²) in [6.45, 7) is -0.670. The van der Waals surface area contributed by atoms with E-state index in [9.17, 15) is 23.1 Å². The Morgan fingerprint density at radius 2 is 1.77 bits per heavy atom. The quantitative estimate of drug-likeness (QED) is 0.362. The Bertz CT molecular complexity index is 1360. The van der Waals surface area contributed by atoms with Gasteiger partial charge >= 0.3 is 6.18 Å². The lowest BCUT2D eigenvalue weighted by atomic mass is 10.1. The number of para-hydroxylation sites is 1. The van der Waals surface area contributed by atoms with Crippen LogP contribution in [-0.2, 0) is 6.18 Å². The van der Waals surface area contributed by atoms with Crippen molar-refractivity contribution in [2.75, 3.05) is 18.5 Å². The van der Waals surface area contributed by atoms with Crippen LogP contribution in [0, 0.1) is 0 Å². The van der Waals surface area contributed by atoms with E-state index in [1.807, 2.05) is 0 Å². The molecule has 0 aliphatic carbocycles. The van der Waals surface area contributed by atoms with E-state index in [1.54, 1.807) is 36.4 Å². The molecule has 0 saturated carbocycles. The highest BCUT2D eigenvalue weighted by atomic mass is 19.4. The molecule has 180 valence electrons. The highest BCUT2D eigenvalue weighted by Crippen LogP contribution is 2.33. The monoisotopic (exact) mass is 483 g/mol. The molecule has 0 radical (unpaired) electrons. The lowest BCUT2D eigenvalue weighted by Gasteiger charge is -2.12. The summed E-state index contributed by atoms with van der Waals surface area (Å²) in [6, 6.07) is 17.8. The van der Waals surface area contributed by atoms with Gasteiger partial charge in [0.2, 0.25) is 5.88 Å². The topological polar surface area (TPSA) is 105 Å². The molecule has 0 fully saturated rings. The van der Waals surface area contributed by atoms with Crippen LogP contribution in [0.5, 0.6) is 5.88 Å². The summed E-state index contributed by atoms with van der Waals surface area (Å²) in [5.41, 5.74) is 0.616. The molecule has 2 aromatic carbocycles. The zero-order valence-corrected chi connectivity index (χ0v) is 18.2. The largest absolute Gasteiger partial charge is 0.475 e. The van der Waals surface area contributed by atoms with Gasteiger partial charge in [-0.3, -0.25) is 4.79 Å². The van der Waals surface area contributed by atoms with Crippen molar-refractivity contribution in [2.45, 2.75) is 12.3 Å². The Labute approximate surface area is 197 Å². The Hall–Kier alpha value is -4.02. The molecule has 0 bridgehead atoms. The summed E-state index contributed by atoms with van der Waals surface area (Å²) >= 11 is 0. The van der Waals surface area contributed by atoms with E-state index < -0.39 is 30.4 Å². The molecule has 10 heteroatoms. The molecular weight excluding hydrogens is 463 g/mol. The van der Waals surface area contributed by atoms with Crippen molar-refractivity contribution >= 4 is 22.5 Å². The van der Waals surface area contributed by atoms with Crippen LogP contribution in [0.4, 0.5) is 18.9 Å². The number of ether oxygens (including phenoxy) is 1. The molecule has 0 spiro atoms. The van der Waals surface area contributed by atoms with E-state index in [2.05, 4.69) is 15.3 Å². The second-order valence-corrected chi connectivity index (χ2v) is 7.61. The van der Waals surface area contributed by atoms with Gasteiger partial charge in [-0.25, -0.2) is 9.97 Å². The minimum Gasteiger partial charge on any atom is -0.475 e. The van der Waals surface area contributed by atoms with E-state index >= 15 is 0 Å². The Balaban J connectivity index is 1.62. The number of rotatable bonds is 7. The number of benzene rings is 2. The molecule has 35 heavy (non-hydrogen) atoms. The number of fused-ring (bicyclic) bond motifs is 1. The van der Waals surface area contributed by atoms with E-state index in [-0.39, 0.29) is 18.2 Å². The lowest BCUT2D eigenvalue weighted by molar-refractivity contribution is -0.137. The van der Waals surface area contributed by atoms with Crippen molar-refractivity contribution in [3.05, 3.63) is 84.1 Å². The van der Waals surface area contributed by atoms with Crippen molar-refractivity contribution in [1.29, 1.82) is 0 Å². The number of amides is 1. The van der Waals surface area contributed by atoms with E-state index in [0.717, 1.165) is 12.1 Å². The number of alkyl halides is 3. The van der Waals surface area contributed by atoms with Crippen molar-refractivity contribution in [2.24, 2.45) is 0 Å². The predicted molar refractivity (Wildman–Crippen MR) is 123 cm³/mol. The molecular formula is C25H20F3N3O4. The average Bonchev–Trinajstić information content (AvgIpc) is 2.87. The third kappa shape index (κ3) is 5.73. The SMILES string of the molecule is O=C(Nc1cccc2ccc(-c3cccc(C(F)(F)F)c3)nc12)c1cccc(OC[C@@H](O)CO)n1. The number of aromatic nitrogens is 2. The number of anilines is 1. The normalized spacial score (nSPS) is 12.4. The van der Waals surface area contributed by atoms with Crippen LogP contribution in [0.1, 0.15) is 16.1 Å². The number of hydrogen-bond acceptors (Lipinski definition) is 6. The van der Waals surface area contributed by atoms with Crippen LogP contribution in [0.2, 0.25) is 0 Å². The highest BCUT2D eigenvalue weighted by Gasteiger charge is 2.30. The van der Waals surface area contributed by atoms with Gasteiger partial charge in [-0.05, 0) is 30.3 Å². The standard InChI is InChI=1S/C25H20F3N3O4/c26-25(27,28)17-6-1-5-16(12-17)19-11-10-15-4-2-7-20(23(15)30-19)31-24(34)21-8-3-9-22(29-21)35-14-18(33)13-32/h1-12,18,32-33H,13-14H2,(H,31,34)/t18-/m0/s1. The first-order chi connectivity index (χ1) is 16.7. The van der Waals surface area contributed by atoms with Crippen LogP contribution in [0.25, 0.3) is 22.2 Å². The average molecular weight is 483 g/mol. The molecule has 1 atom stereocenters. The number of carbonyl (C=O) groups is 1. The maximum atomic E-state index is 13.1. The third-order valence-corrected chi connectivity index (χ3v) is 5.04. The molecule has 2 heterocycles. The van der Waals surface area contributed by atoms with Crippen LogP contribution < -0.4 is 10.1 Å². The number of aliphatic hydroxyl groups excluding tert-OH is 2. The molecule has 0 unspecified atom stereocenters. The number of aliphatic hydroxyl groups is 2. The van der Waals surface area contributed by atoms with Crippen LogP contribution in [0.3, 0.4) is 0 Å². The Kier molecular flexibility index (Phi) is 6.94. The number of pyridine rings is 2. The molecule has 2 aromatic heterocycles. The van der Waals surface area contributed by atoms with Gasteiger partial charge in [0.25, 0.3) is 5.91 Å². The molecule has 0 aliphatic rings. The summed E-state index contributed by atoms with van der Waals surface area (Å²) < 4.78 is 44.7. The number of halogens is 3. The van der Waals surface area contributed by atoms with Gasteiger partial charge in [0.05, 0.1) is 29.1 Å². The Morgan fingerprint density at radius 3 is 2.54 bits per heavy atom. The fourth-order valence-electron chi connectivity index (χ4n) is 3.31. The Morgan fingerprint density at radius 1 is 1.00 bits per heavy atom. The second kappa shape index (κ2) is 10.1. The van der Waals surface area contributed by atoms with Crippen molar-refractivity contribution in [3.63, 3.8) is 0 Å². The highest BCUT2D eigenvalue weighted by molar-refractivity contribution is 6.07. The zero-order chi connectivity index (χ0) is 25.0. The third-order valence-electron chi connectivity index (χ3n) is 5.04. The number of carbonyl (C=O) groups excluding carboxylic acids is 1. The maximum absolute atomic E-state index is 13.1. The first-order valence-electron chi connectivity index (χ1n) is 10.5. The molecule has 7 nitrogen and oxygen atoms in total. The smallest absolute Gasteiger partial charge is 0.416 e. The van der Waals surface area contributed by atoms with Crippen LogP contribution in [-0.4, -0.2) is 45.4 Å². The van der Waals surface area contributed by atoms with Gasteiger partial charge in [-0.15, -0.1) is 0 Å². The van der Waals surface area contributed by atoms with E-state index in [1.165, 1.54) is 24.3 Å². The minimum atomic E-state index is -4.48. The second-order valence-electron chi connectivity index (χ2n) is 7.61. The van der Waals surface area contributed by atoms with Gasteiger partial charge in [-0.1, -0.05) is 36.4 Å². The first kappa shape index (κ1) is 24.1. The van der Waals surface area contributed by atoms with E-state index in [0.29, 0.717) is 27.8 Å². The van der Waals surface area contributed by atoms with Crippen molar-refractivity contribution in [3.8, 4) is 17.1 Å². The number of nitrogens with one attached hydrogen (secondary N) is 1. The summed E-state index contributed by atoms with van der Waals surface area (Å²) in [6.07, 6.45) is -5.56. The van der Waals surface area contributed by atoms with Gasteiger partial charge in [0.1, 0.15) is 18.4 Å². The minimum absolute atomic E-state index is 0.0343. The molecule has 0 aliphatic heterocycles. The van der Waals surface area contributed by atoms with Gasteiger partial charge < -0.3 is 20.3 Å². The molecule has 1 amide bonds. The van der Waals surface area contributed by atoms with Crippen molar-refractivity contribution in [1.82, 2.24) is 9.97 Å². The van der Waals surface area contributed by atoms with Gasteiger partial charge in [0, 0.05) is 17.0 Å². The maximum Gasteiger partial charge on any atom is 0.416 e. The summed E-state index contributed by atoms with van der Waals surface area (Å²) in [4.78, 5) is 21.5. The van der Waals surface area contributed by atoms with Gasteiger partial charge in [0.15, 0.2) is 0 Å². The van der Waals surface area contributed by atoms with Crippen molar-refractivity contribution < 1.29 is 32.9 Å². The predicted octanol–water partition coefficient (Wildman–Crippen LogP) is 4.30. The zero-order valence-electron chi connectivity index (χ0n) is 18.2.